The molecule has 0 spiro atoms. The second-order valence-corrected chi connectivity index (χ2v) is 11.9. The van der Waals surface area contributed by atoms with E-state index >= 15 is 0 Å². The number of sulfonamides is 1. The van der Waals surface area contributed by atoms with Crippen molar-refractivity contribution in [3.63, 3.8) is 0 Å². The van der Waals surface area contributed by atoms with Gasteiger partial charge in [-0.25, -0.2) is 8.42 Å². The van der Waals surface area contributed by atoms with Crippen molar-refractivity contribution in [3.05, 3.63) is 17.0 Å². The summed E-state index contributed by atoms with van der Waals surface area (Å²) in [7, 11) is -8.32. The molecule has 6 nitrogen and oxygen atoms in total. The number of hydrogen-bond acceptors (Lipinski definition) is 6. The van der Waals surface area contributed by atoms with Gasteiger partial charge in [-0.3, -0.25) is 4.57 Å². The highest BCUT2D eigenvalue weighted by Crippen LogP contribution is 2.38. The number of fused-ring (bicyclic) bond motifs is 1. The van der Waals surface area contributed by atoms with Crippen molar-refractivity contribution in [1.82, 2.24) is 4.72 Å². The van der Waals surface area contributed by atoms with Crippen LogP contribution in [0.5, 0.6) is 0 Å². The molecule has 2 aromatic rings. The van der Waals surface area contributed by atoms with Gasteiger partial charge in [-0.15, -0.1) is 34.3 Å². The first kappa shape index (κ1) is 19.7. The van der Waals surface area contributed by atoms with Gasteiger partial charge in [0.1, 0.15) is 10.5 Å². The van der Waals surface area contributed by atoms with Crippen LogP contribution in [-0.4, -0.2) is 36.1 Å². The largest absolute Gasteiger partial charge is 0.340 e. The molecule has 0 atom stereocenters. The molecule has 2 aromatic heterocycles. The Bertz CT molecular complexity index is 780. The van der Waals surface area contributed by atoms with Crippen molar-refractivity contribution in [1.29, 1.82) is 0 Å². The van der Waals surface area contributed by atoms with E-state index in [1.807, 2.05) is 10.8 Å². The van der Waals surface area contributed by atoms with E-state index in [0.29, 0.717) is 5.88 Å². The summed E-state index contributed by atoms with van der Waals surface area (Å²) < 4.78 is 38.5. The van der Waals surface area contributed by atoms with E-state index in [9.17, 15) is 13.0 Å². The Kier molecular flexibility index (Phi) is 6.98. The summed E-state index contributed by atoms with van der Waals surface area (Å²) in [4.78, 5) is 18.7. The fraction of sp³-hybridized carbons (Fsp3) is 0.455. The zero-order valence-corrected chi connectivity index (χ0v) is 16.7. The number of rotatable bonds is 9. The molecule has 23 heavy (non-hydrogen) atoms. The van der Waals surface area contributed by atoms with Crippen LogP contribution in [0.2, 0.25) is 0 Å². The summed E-state index contributed by atoms with van der Waals surface area (Å²) in [5, 5.41) is 0. The summed E-state index contributed by atoms with van der Waals surface area (Å²) in [6.45, 7) is 0. The molecule has 0 saturated heterocycles. The normalized spacial score (nSPS) is 13.0. The van der Waals surface area contributed by atoms with Crippen molar-refractivity contribution in [2.45, 2.75) is 16.4 Å². The van der Waals surface area contributed by atoms with Gasteiger partial charge in [0.25, 0.3) is 10.0 Å². The number of halogens is 1. The summed E-state index contributed by atoms with van der Waals surface area (Å²) >= 11 is 10.0. The summed E-state index contributed by atoms with van der Waals surface area (Å²) in [6.07, 6.45) is 0.0585. The number of thiophene rings is 2. The molecule has 0 aliphatic rings. The van der Waals surface area contributed by atoms with Crippen molar-refractivity contribution in [2.24, 2.45) is 0 Å². The molecular weight excluding hydrogens is 421 g/mol. The fourth-order valence-corrected chi connectivity index (χ4v) is 7.87. The topological polar surface area (TPSA) is 104 Å². The van der Waals surface area contributed by atoms with Crippen LogP contribution in [0.15, 0.2) is 16.3 Å². The van der Waals surface area contributed by atoms with Gasteiger partial charge in [-0.2, -0.15) is 16.5 Å². The Morgan fingerprint density at radius 2 is 1.96 bits per heavy atom. The van der Waals surface area contributed by atoms with Crippen LogP contribution < -0.4 is 4.72 Å². The first-order valence-corrected chi connectivity index (χ1v) is 13.0. The Morgan fingerprint density at radius 1 is 1.26 bits per heavy atom. The molecule has 0 aliphatic carbocycles. The molecule has 12 heteroatoms. The van der Waals surface area contributed by atoms with Gasteiger partial charge >= 0.3 is 7.60 Å². The first-order valence-electron chi connectivity index (χ1n) is 6.41. The van der Waals surface area contributed by atoms with Gasteiger partial charge in [0, 0.05) is 25.9 Å². The van der Waals surface area contributed by atoms with Gasteiger partial charge in [-0.1, -0.05) is 0 Å². The molecule has 130 valence electrons. The van der Waals surface area contributed by atoms with Crippen LogP contribution in [0.1, 0.15) is 11.3 Å². The van der Waals surface area contributed by atoms with Gasteiger partial charge in [0.2, 0.25) is 0 Å². The predicted molar refractivity (Wildman–Crippen MR) is 98.4 cm³/mol. The van der Waals surface area contributed by atoms with Crippen LogP contribution in [0.4, 0.5) is 0 Å². The zero-order valence-electron chi connectivity index (χ0n) is 11.8. The monoisotopic (exact) mass is 435 g/mol. The third-order valence-corrected chi connectivity index (χ3v) is 9.12. The summed E-state index contributed by atoms with van der Waals surface area (Å²) in [5.74, 6) is 2.50. The Labute approximate surface area is 151 Å². The Morgan fingerprint density at radius 3 is 2.57 bits per heavy atom. The van der Waals surface area contributed by atoms with E-state index in [4.69, 9.17) is 21.4 Å². The van der Waals surface area contributed by atoms with E-state index in [-0.39, 0.29) is 4.21 Å². The van der Waals surface area contributed by atoms with Crippen molar-refractivity contribution < 1.29 is 22.8 Å². The van der Waals surface area contributed by atoms with E-state index < -0.39 is 23.9 Å². The number of thioether (sulfide) groups is 1. The molecule has 0 aliphatic heterocycles. The van der Waals surface area contributed by atoms with E-state index in [0.717, 1.165) is 43.5 Å². The summed E-state index contributed by atoms with van der Waals surface area (Å²) in [6, 6.07) is 3.50. The number of nitrogens with one attached hydrogen (secondary N) is 1. The van der Waals surface area contributed by atoms with E-state index in [2.05, 4.69) is 0 Å². The molecule has 0 aromatic carbocycles. The molecule has 0 radical (unpaired) electrons. The molecule has 2 rings (SSSR count). The lowest BCUT2D eigenvalue weighted by Crippen LogP contribution is -2.23. The molecule has 0 fully saturated rings. The maximum Gasteiger partial charge on any atom is 0.340 e. The number of hydrogen-bond donors (Lipinski definition) is 3. The lowest BCUT2D eigenvalue weighted by molar-refractivity contribution is 0.371. The average Bonchev–Trinajstić information content (AvgIpc) is 2.99. The SMILES string of the molecule is O=P(O)(O)CNS(=O)(=O)c1cc2sc(CSCCCCl)cc2s1. The average molecular weight is 436 g/mol. The molecule has 2 heterocycles. The second-order valence-electron chi connectivity index (χ2n) is 4.57. The Hall–Kier alpha value is 0.360. The lowest BCUT2D eigenvalue weighted by Gasteiger charge is -2.05. The maximum absolute atomic E-state index is 12.0. The third-order valence-electron chi connectivity index (χ3n) is 2.63. The maximum atomic E-state index is 12.0. The van der Waals surface area contributed by atoms with Crippen molar-refractivity contribution >= 4 is 73.1 Å². The number of alkyl halides is 1. The molecule has 0 bridgehead atoms. The molecule has 0 amide bonds. The van der Waals surface area contributed by atoms with Gasteiger partial charge in [0.05, 0.1) is 0 Å². The fourth-order valence-electron chi connectivity index (χ4n) is 1.64. The standard InChI is InChI=1S/C11H15ClNO5PS4/c12-2-1-3-20-6-8-4-9-10(21-8)5-11(22-9)23(17,18)13-7-19(14,15)16/h4-5,13H,1-3,6-7H2,(H2,14,15,16). The van der Waals surface area contributed by atoms with Crippen molar-refractivity contribution in [2.75, 3.05) is 17.9 Å². The van der Waals surface area contributed by atoms with Crippen molar-refractivity contribution in [3.8, 4) is 0 Å². The smallest absolute Gasteiger partial charge is 0.324 e. The highest BCUT2D eigenvalue weighted by atomic mass is 35.5. The quantitative estimate of drug-likeness (QED) is 0.317. The molecule has 0 unspecified atom stereocenters. The Balaban J connectivity index is 2.06. The highest BCUT2D eigenvalue weighted by molar-refractivity contribution is 7.98. The lowest BCUT2D eigenvalue weighted by atomic mass is 10.5. The van der Waals surface area contributed by atoms with Gasteiger partial charge in [-0.05, 0) is 24.3 Å². The van der Waals surface area contributed by atoms with Crippen LogP contribution >= 0.6 is 53.6 Å². The van der Waals surface area contributed by atoms with Crippen LogP contribution in [0, 0.1) is 0 Å². The molecule has 0 saturated carbocycles. The zero-order chi connectivity index (χ0) is 17.1. The summed E-state index contributed by atoms with van der Waals surface area (Å²) in [5.41, 5.74) is 0. The molecule has 3 N–H and O–H groups in total. The van der Waals surface area contributed by atoms with Crippen LogP contribution in [-0.2, 0) is 20.3 Å². The molecular formula is C11H15ClNO5PS4. The van der Waals surface area contributed by atoms with Gasteiger partial charge in [0.15, 0.2) is 0 Å². The van der Waals surface area contributed by atoms with Crippen LogP contribution in [0.25, 0.3) is 9.40 Å². The second kappa shape index (κ2) is 8.16. The van der Waals surface area contributed by atoms with Gasteiger partial charge < -0.3 is 9.79 Å². The minimum absolute atomic E-state index is 0.0635. The van der Waals surface area contributed by atoms with E-state index in [1.165, 1.54) is 11.3 Å². The third kappa shape index (κ3) is 5.98. The highest BCUT2D eigenvalue weighted by Gasteiger charge is 2.23. The predicted octanol–water partition coefficient (Wildman–Crippen LogP) is 3.24. The minimum Gasteiger partial charge on any atom is -0.324 e. The van der Waals surface area contributed by atoms with Crippen LogP contribution in [0.3, 0.4) is 0 Å². The minimum atomic E-state index is -4.42. The first-order chi connectivity index (χ1) is 10.7. The van der Waals surface area contributed by atoms with E-state index in [1.54, 1.807) is 17.8 Å².